The van der Waals surface area contributed by atoms with E-state index in [1.165, 1.54) is 5.56 Å². The maximum atomic E-state index is 6.04. The average Bonchev–Trinajstić information content (AvgIpc) is 2.79. The van der Waals surface area contributed by atoms with E-state index in [1.807, 2.05) is 37.3 Å². The summed E-state index contributed by atoms with van der Waals surface area (Å²) < 4.78 is 11.9. The highest BCUT2D eigenvalue weighted by Crippen LogP contribution is 2.33. The number of hydrogen-bond donors (Lipinski definition) is 1. The number of aryl methyl sites for hydroxylation is 1. The Bertz CT molecular complexity index is 931. The minimum Gasteiger partial charge on any atom is -0.493 e. The van der Waals surface area contributed by atoms with Gasteiger partial charge in [-0.05, 0) is 62.7 Å². The van der Waals surface area contributed by atoms with Crippen LogP contribution in [0.4, 0.5) is 5.82 Å². The van der Waals surface area contributed by atoms with Crippen molar-refractivity contribution in [3.8, 4) is 22.8 Å². The Morgan fingerprint density at radius 2 is 1.74 bits per heavy atom. The van der Waals surface area contributed by atoms with Gasteiger partial charge < -0.3 is 20.1 Å². The Kier molecular flexibility index (Phi) is 8.73. The first-order valence-corrected chi connectivity index (χ1v) is 11.1. The lowest BCUT2D eigenvalue weighted by molar-refractivity contribution is 0.213. The van der Waals surface area contributed by atoms with Gasteiger partial charge in [-0.25, -0.2) is 4.98 Å². The van der Waals surface area contributed by atoms with Gasteiger partial charge in [-0.1, -0.05) is 43.3 Å². The summed E-state index contributed by atoms with van der Waals surface area (Å²) in [5.41, 5.74) is 8.95. The number of rotatable bonds is 12. The van der Waals surface area contributed by atoms with Crippen LogP contribution >= 0.6 is 0 Å². The van der Waals surface area contributed by atoms with Gasteiger partial charge in [0.15, 0.2) is 0 Å². The van der Waals surface area contributed by atoms with Crippen LogP contribution < -0.4 is 15.2 Å². The summed E-state index contributed by atoms with van der Waals surface area (Å²) >= 11 is 0. The van der Waals surface area contributed by atoms with Crippen molar-refractivity contribution in [1.29, 1.82) is 0 Å². The molecule has 0 amide bonds. The molecule has 0 aliphatic heterocycles. The quantitative estimate of drug-likeness (QED) is 0.444. The van der Waals surface area contributed by atoms with Crippen LogP contribution in [0.25, 0.3) is 11.3 Å². The lowest BCUT2D eigenvalue weighted by Crippen LogP contribution is -2.29. The molecule has 2 N–H and O–H groups in total. The normalized spacial score (nSPS) is 10.9. The summed E-state index contributed by atoms with van der Waals surface area (Å²) in [6.45, 7) is 8.36. The molecule has 5 heteroatoms. The molecule has 5 nitrogen and oxygen atoms in total. The van der Waals surface area contributed by atoms with Gasteiger partial charge in [-0.15, -0.1) is 0 Å². The highest BCUT2D eigenvalue weighted by molar-refractivity contribution is 5.69. The molecule has 3 aromatic rings. The Morgan fingerprint density at radius 1 is 0.903 bits per heavy atom. The zero-order valence-electron chi connectivity index (χ0n) is 18.6. The minimum atomic E-state index is 0.493. The van der Waals surface area contributed by atoms with Crippen LogP contribution in [0.2, 0.25) is 0 Å². The minimum absolute atomic E-state index is 0.493. The van der Waals surface area contributed by atoms with Gasteiger partial charge in [-0.3, -0.25) is 0 Å². The fraction of sp³-hybridized carbons (Fsp3) is 0.346. The molecule has 0 aliphatic rings. The van der Waals surface area contributed by atoms with Gasteiger partial charge in [0.2, 0.25) is 0 Å². The topological polar surface area (TPSA) is 60.6 Å². The van der Waals surface area contributed by atoms with Crippen molar-refractivity contribution in [1.82, 2.24) is 9.88 Å². The van der Waals surface area contributed by atoms with Gasteiger partial charge in [0.1, 0.15) is 23.9 Å². The molecule has 0 saturated heterocycles. The van der Waals surface area contributed by atoms with E-state index in [0.717, 1.165) is 55.2 Å². The predicted molar refractivity (Wildman–Crippen MR) is 128 cm³/mol. The second-order valence-electron chi connectivity index (χ2n) is 7.41. The first-order valence-electron chi connectivity index (χ1n) is 11.1. The molecular weight excluding hydrogens is 386 g/mol. The van der Waals surface area contributed by atoms with Crippen molar-refractivity contribution in [3.63, 3.8) is 0 Å². The van der Waals surface area contributed by atoms with Gasteiger partial charge in [-0.2, -0.15) is 0 Å². The zero-order chi connectivity index (χ0) is 21.9. The molecule has 0 spiro atoms. The van der Waals surface area contributed by atoms with Crippen molar-refractivity contribution in [2.75, 3.05) is 38.6 Å². The number of nitrogens with zero attached hydrogens (tertiary/aromatic N) is 2. The molecule has 0 radical (unpaired) electrons. The van der Waals surface area contributed by atoms with Crippen LogP contribution in [0.3, 0.4) is 0 Å². The van der Waals surface area contributed by atoms with E-state index in [9.17, 15) is 0 Å². The zero-order valence-corrected chi connectivity index (χ0v) is 18.6. The molecule has 0 unspecified atom stereocenters. The molecule has 1 heterocycles. The van der Waals surface area contributed by atoms with Crippen LogP contribution in [0, 0.1) is 0 Å². The van der Waals surface area contributed by atoms with Gasteiger partial charge >= 0.3 is 0 Å². The summed E-state index contributed by atoms with van der Waals surface area (Å²) in [6.07, 6.45) is 2.25. The van der Waals surface area contributed by atoms with E-state index in [4.69, 9.17) is 15.2 Å². The number of likely N-dealkylation sites (N-methyl/N-ethyl adjacent to an activating group) is 1. The summed E-state index contributed by atoms with van der Waals surface area (Å²) in [7, 11) is 0. The number of benzene rings is 2. The van der Waals surface area contributed by atoms with Gasteiger partial charge in [0.05, 0.1) is 12.3 Å². The number of anilines is 1. The Hall–Kier alpha value is -3.05. The first kappa shape index (κ1) is 22.6. The highest BCUT2D eigenvalue weighted by Gasteiger charge is 2.10. The van der Waals surface area contributed by atoms with Crippen molar-refractivity contribution in [3.05, 3.63) is 72.3 Å². The fourth-order valence-corrected chi connectivity index (χ4v) is 3.55. The van der Waals surface area contributed by atoms with E-state index in [0.29, 0.717) is 19.0 Å². The van der Waals surface area contributed by atoms with E-state index >= 15 is 0 Å². The smallest absolute Gasteiger partial charge is 0.132 e. The fourth-order valence-electron chi connectivity index (χ4n) is 3.55. The standard InChI is InChI=1S/C26H33N3O2/c1-3-29(17-9-12-21-10-6-5-7-11-21)18-19-31-22-15-16-23(25(20-22)30-4-2)24-13-8-14-26(27)28-24/h5-8,10-11,13-16,20H,3-4,9,12,17-19H2,1-2H3,(H2,27,28). The molecule has 2 aromatic carbocycles. The SMILES string of the molecule is CCOc1cc(OCCN(CC)CCCc2ccccc2)ccc1-c1cccc(N)n1. The van der Waals surface area contributed by atoms with Crippen LogP contribution in [-0.4, -0.2) is 42.7 Å². The number of hydrogen-bond acceptors (Lipinski definition) is 5. The summed E-state index contributed by atoms with van der Waals surface area (Å²) in [5.74, 6) is 2.05. The molecule has 0 aliphatic carbocycles. The third-order valence-electron chi connectivity index (χ3n) is 5.21. The molecule has 0 atom stereocenters. The second kappa shape index (κ2) is 12.0. The maximum absolute atomic E-state index is 6.04. The first-order chi connectivity index (χ1) is 15.2. The van der Waals surface area contributed by atoms with Crippen LogP contribution in [0.5, 0.6) is 11.5 Å². The van der Waals surface area contributed by atoms with Crippen molar-refractivity contribution in [2.24, 2.45) is 0 Å². The Morgan fingerprint density at radius 3 is 2.48 bits per heavy atom. The molecular formula is C26H33N3O2. The molecule has 0 fully saturated rings. The Labute approximate surface area is 185 Å². The summed E-state index contributed by atoms with van der Waals surface area (Å²) in [4.78, 5) is 6.84. The van der Waals surface area contributed by atoms with Gasteiger partial charge in [0.25, 0.3) is 0 Å². The monoisotopic (exact) mass is 419 g/mol. The molecule has 0 saturated carbocycles. The lowest BCUT2D eigenvalue weighted by Gasteiger charge is -2.21. The number of ether oxygens (including phenoxy) is 2. The van der Waals surface area contributed by atoms with Crippen molar-refractivity contribution in [2.45, 2.75) is 26.7 Å². The van der Waals surface area contributed by atoms with E-state index in [1.54, 1.807) is 6.07 Å². The third-order valence-corrected chi connectivity index (χ3v) is 5.21. The molecule has 164 valence electrons. The molecule has 3 rings (SSSR count). The van der Waals surface area contributed by atoms with E-state index in [2.05, 4.69) is 47.1 Å². The molecule has 0 bridgehead atoms. The van der Waals surface area contributed by atoms with Crippen molar-refractivity contribution < 1.29 is 9.47 Å². The molecule has 31 heavy (non-hydrogen) atoms. The predicted octanol–water partition coefficient (Wildman–Crippen LogP) is 5.06. The number of nitrogen functional groups attached to an aromatic ring is 1. The van der Waals surface area contributed by atoms with Crippen LogP contribution in [0.15, 0.2) is 66.7 Å². The molecule has 1 aromatic heterocycles. The number of nitrogens with two attached hydrogens (primary N) is 1. The number of pyridine rings is 1. The Balaban J connectivity index is 1.53. The van der Waals surface area contributed by atoms with Crippen LogP contribution in [-0.2, 0) is 6.42 Å². The third kappa shape index (κ3) is 7.00. The van der Waals surface area contributed by atoms with E-state index in [-0.39, 0.29) is 0 Å². The average molecular weight is 420 g/mol. The van der Waals surface area contributed by atoms with Crippen molar-refractivity contribution >= 4 is 5.82 Å². The lowest BCUT2D eigenvalue weighted by atomic mass is 10.1. The number of aromatic nitrogens is 1. The highest BCUT2D eigenvalue weighted by atomic mass is 16.5. The van der Waals surface area contributed by atoms with Crippen LogP contribution in [0.1, 0.15) is 25.8 Å². The van der Waals surface area contributed by atoms with Gasteiger partial charge in [0, 0.05) is 18.2 Å². The second-order valence-corrected chi connectivity index (χ2v) is 7.41. The summed E-state index contributed by atoms with van der Waals surface area (Å²) in [5, 5.41) is 0. The van der Waals surface area contributed by atoms with E-state index < -0.39 is 0 Å². The largest absolute Gasteiger partial charge is 0.493 e. The summed E-state index contributed by atoms with van der Waals surface area (Å²) in [6, 6.07) is 22.2. The maximum Gasteiger partial charge on any atom is 0.132 e.